The van der Waals surface area contributed by atoms with Crippen molar-refractivity contribution in [2.24, 2.45) is 0 Å². The summed E-state index contributed by atoms with van der Waals surface area (Å²) in [4.78, 5) is 59.1. The molecule has 0 aliphatic carbocycles. The maximum Gasteiger partial charge on any atom is 0.413 e. The lowest BCUT2D eigenvalue weighted by molar-refractivity contribution is -0.138. The lowest BCUT2D eigenvalue weighted by atomic mass is 10.1. The van der Waals surface area contributed by atoms with Gasteiger partial charge in [0.15, 0.2) is 11.6 Å². The standard InChI is InChI=1S/C27H33N3O3S.C26H31N3O4S/c1-5-6-10-17-30-18-24(29-26(32)33-19-21-11-8-7-9-12-21)28-25(30)22-13-15-23(16-14-22)34-27(3,4)20(2)31;1-4-5-9-16-29-17-22(28-25(32)33-18-19-10-7-6-8-11-19)27-23(29)20-12-14-21(15-13-20)34-26(2,3)24(30)31/h7-9,11-16,18H,5-6,10,17,19H2,1-4H3,(H,29,32);6-8,10-15,17H,4-5,9,16,18H2,1-3H3,(H,28,32)(H,30,31). The Bertz CT molecular complexity index is 2360. The summed E-state index contributed by atoms with van der Waals surface area (Å²) in [7, 11) is 0. The predicted molar refractivity (Wildman–Crippen MR) is 273 cm³/mol. The molecule has 0 aliphatic rings. The molecular weight excluding hydrogens is 897 g/mol. The van der Waals surface area contributed by atoms with Crippen LogP contribution in [-0.2, 0) is 45.4 Å². The van der Waals surface area contributed by atoms with Crippen LogP contribution in [0, 0.1) is 0 Å². The van der Waals surface area contributed by atoms with Gasteiger partial charge in [-0.1, -0.05) is 124 Å². The molecule has 2 heterocycles. The van der Waals surface area contributed by atoms with Crippen LogP contribution in [0.5, 0.6) is 0 Å². The minimum absolute atomic E-state index is 0.142. The summed E-state index contributed by atoms with van der Waals surface area (Å²) >= 11 is 2.84. The van der Waals surface area contributed by atoms with E-state index in [4.69, 9.17) is 9.47 Å². The smallest absolute Gasteiger partial charge is 0.413 e. The number of aromatic nitrogens is 4. The van der Waals surface area contributed by atoms with Crippen molar-refractivity contribution in [2.75, 3.05) is 10.6 Å². The van der Waals surface area contributed by atoms with Crippen LogP contribution in [0.3, 0.4) is 0 Å². The van der Waals surface area contributed by atoms with Gasteiger partial charge in [0.25, 0.3) is 0 Å². The van der Waals surface area contributed by atoms with Gasteiger partial charge >= 0.3 is 18.2 Å². The van der Waals surface area contributed by atoms with Crippen molar-refractivity contribution in [3.05, 3.63) is 133 Å². The zero-order valence-corrected chi connectivity index (χ0v) is 41.8. The van der Waals surface area contributed by atoms with E-state index in [-0.39, 0.29) is 19.0 Å². The number of imidazole rings is 2. The first-order valence-corrected chi connectivity index (χ1v) is 24.6. The van der Waals surface area contributed by atoms with Crippen LogP contribution in [0.1, 0.15) is 98.1 Å². The lowest BCUT2D eigenvalue weighted by Crippen LogP contribution is -2.26. The van der Waals surface area contributed by atoms with E-state index < -0.39 is 27.6 Å². The zero-order valence-electron chi connectivity index (χ0n) is 40.1. The fourth-order valence-electron chi connectivity index (χ4n) is 6.59. The number of Topliss-reactive ketones (excluding diaryl/α,β-unsaturated/α-hetero) is 1. The van der Waals surface area contributed by atoms with Gasteiger partial charge in [-0.25, -0.2) is 19.6 Å². The average Bonchev–Trinajstić information content (AvgIpc) is 3.91. The highest BCUT2D eigenvalue weighted by Crippen LogP contribution is 2.36. The number of anilines is 2. The number of thioether (sulfide) groups is 2. The number of carboxylic acid groups (broad SMARTS) is 1. The number of ketones is 1. The van der Waals surface area contributed by atoms with Crippen molar-refractivity contribution in [2.45, 2.75) is 133 Å². The number of hydrogen-bond acceptors (Lipinski definition) is 10. The number of benzene rings is 4. The number of carboxylic acids is 1. The topological polar surface area (TPSA) is 167 Å². The van der Waals surface area contributed by atoms with Gasteiger partial charge < -0.3 is 23.7 Å². The van der Waals surface area contributed by atoms with E-state index in [1.54, 1.807) is 32.5 Å². The van der Waals surface area contributed by atoms with Gasteiger partial charge in [-0.2, -0.15) is 0 Å². The number of unbranched alkanes of at least 4 members (excludes halogenated alkanes) is 4. The molecule has 0 saturated carbocycles. The molecule has 4 aromatic carbocycles. The van der Waals surface area contributed by atoms with E-state index in [0.29, 0.717) is 11.6 Å². The second kappa shape index (κ2) is 25.7. The molecule has 6 aromatic rings. The van der Waals surface area contributed by atoms with Crippen molar-refractivity contribution < 1.29 is 33.8 Å². The van der Waals surface area contributed by atoms with Crippen LogP contribution in [0.4, 0.5) is 21.2 Å². The van der Waals surface area contributed by atoms with Crippen molar-refractivity contribution in [1.29, 1.82) is 0 Å². The molecule has 0 aliphatic heterocycles. The Labute approximate surface area is 408 Å². The second-order valence-electron chi connectivity index (χ2n) is 17.2. The number of carbonyl (C=O) groups is 4. The molecule has 360 valence electrons. The number of ether oxygens (including phenoxy) is 2. The van der Waals surface area contributed by atoms with Gasteiger partial charge in [-0.05, 0) is 82.9 Å². The second-order valence-corrected chi connectivity index (χ2v) is 20.6. The van der Waals surface area contributed by atoms with Crippen LogP contribution >= 0.6 is 23.5 Å². The van der Waals surface area contributed by atoms with E-state index in [9.17, 15) is 24.3 Å². The molecule has 3 N–H and O–H groups in total. The molecule has 0 fully saturated rings. The SMILES string of the molecule is CCCCCn1cc(NC(=O)OCc2ccccc2)nc1-c1ccc(SC(C)(C)C(=O)O)cc1.CCCCCn1cc(NC(=O)OCc2ccccc2)nc1-c1ccc(SC(C)(C)C(C)=O)cc1. The van der Waals surface area contributed by atoms with Crippen molar-refractivity contribution >= 4 is 59.1 Å². The number of amides is 2. The molecule has 2 aromatic heterocycles. The summed E-state index contributed by atoms with van der Waals surface area (Å²) in [6, 6.07) is 34.7. The molecular formula is C53H64N6O7S2. The first-order chi connectivity index (χ1) is 32.6. The van der Waals surface area contributed by atoms with Crippen molar-refractivity contribution in [1.82, 2.24) is 19.1 Å². The number of aliphatic carboxylic acids is 1. The quantitative estimate of drug-likeness (QED) is 0.0438. The fourth-order valence-corrected chi connectivity index (χ4v) is 8.55. The number of nitrogens with zero attached hydrogens (tertiary/aromatic N) is 4. The summed E-state index contributed by atoms with van der Waals surface area (Å²) in [5.74, 6) is 1.70. The van der Waals surface area contributed by atoms with Crippen LogP contribution in [0.2, 0.25) is 0 Å². The number of hydrogen-bond donors (Lipinski definition) is 3. The summed E-state index contributed by atoms with van der Waals surface area (Å²) in [6.45, 7) is 15.1. The van der Waals surface area contributed by atoms with Crippen LogP contribution in [-0.4, -0.2) is 57.6 Å². The Kier molecular flexibility index (Phi) is 19.9. The highest BCUT2D eigenvalue weighted by Gasteiger charge is 2.29. The zero-order chi connectivity index (χ0) is 49.1. The molecule has 0 saturated heterocycles. The van der Waals surface area contributed by atoms with Crippen LogP contribution < -0.4 is 10.6 Å². The molecule has 2 amide bonds. The Morgan fingerprint density at radius 3 is 1.31 bits per heavy atom. The van der Waals surface area contributed by atoms with Crippen LogP contribution in [0.15, 0.2) is 131 Å². The Balaban J connectivity index is 0.000000254. The highest BCUT2D eigenvalue weighted by atomic mass is 32.2. The normalized spacial score (nSPS) is 11.3. The number of nitrogens with one attached hydrogen (secondary N) is 2. The van der Waals surface area contributed by atoms with E-state index >= 15 is 0 Å². The molecule has 0 spiro atoms. The van der Waals surface area contributed by atoms with Gasteiger partial charge in [-0.3, -0.25) is 20.2 Å². The fraction of sp³-hybridized carbons (Fsp3) is 0.358. The van der Waals surface area contributed by atoms with Gasteiger partial charge in [0, 0.05) is 46.4 Å². The molecule has 0 bridgehead atoms. The summed E-state index contributed by atoms with van der Waals surface area (Å²) in [5, 5.41) is 14.9. The van der Waals surface area contributed by atoms with E-state index in [1.807, 2.05) is 140 Å². The van der Waals surface area contributed by atoms with Gasteiger partial charge in [0.05, 0.1) is 4.75 Å². The minimum Gasteiger partial charge on any atom is -0.480 e. The molecule has 68 heavy (non-hydrogen) atoms. The first-order valence-electron chi connectivity index (χ1n) is 23.0. The van der Waals surface area contributed by atoms with E-state index in [0.717, 1.165) is 95.3 Å². The molecule has 13 nitrogen and oxygen atoms in total. The highest BCUT2D eigenvalue weighted by molar-refractivity contribution is 8.01. The molecule has 0 atom stereocenters. The largest absolute Gasteiger partial charge is 0.480 e. The van der Waals surface area contributed by atoms with Gasteiger partial charge in [0.1, 0.15) is 35.4 Å². The van der Waals surface area contributed by atoms with E-state index in [1.165, 1.54) is 11.8 Å². The molecule has 0 unspecified atom stereocenters. The van der Waals surface area contributed by atoms with Crippen molar-refractivity contribution in [3.8, 4) is 22.8 Å². The Morgan fingerprint density at radius 2 is 0.956 bits per heavy atom. The third-order valence-corrected chi connectivity index (χ3v) is 13.3. The summed E-state index contributed by atoms with van der Waals surface area (Å²) in [6.07, 6.45) is 9.06. The number of carbonyl (C=O) groups excluding carboxylic acids is 3. The predicted octanol–water partition coefficient (Wildman–Crippen LogP) is 13.4. The third kappa shape index (κ3) is 16.5. The van der Waals surface area contributed by atoms with Crippen molar-refractivity contribution in [3.63, 3.8) is 0 Å². The minimum atomic E-state index is -0.919. The summed E-state index contributed by atoms with van der Waals surface area (Å²) < 4.78 is 13.4. The maximum absolute atomic E-state index is 12.3. The molecule has 6 rings (SSSR count). The van der Waals surface area contributed by atoms with E-state index in [2.05, 4.69) is 39.0 Å². The van der Waals surface area contributed by atoms with Crippen LogP contribution in [0.25, 0.3) is 22.8 Å². The Morgan fingerprint density at radius 1 is 0.574 bits per heavy atom. The summed E-state index contributed by atoms with van der Waals surface area (Å²) in [5.41, 5.74) is 3.67. The number of rotatable bonds is 22. The average molecular weight is 961 g/mol. The monoisotopic (exact) mass is 960 g/mol. The lowest BCUT2D eigenvalue weighted by Gasteiger charge is -2.20. The molecule has 0 radical (unpaired) electrons. The third-order valence-electron chi connectivity index (χ3n) is 10.8. The van der Waals surface area contributed by atoms with Gasteiger partial charge in [0.2, 0.25) is 0 Å². The first kappa shape index (κ1) is 52.6. The van der Waals surface area contributed by atoms with Gasteiger partial charge in [-0.15, -0.1) is 23.5 Å². The molecule has 15 heteroatoms. The Hall–Kier alpha value is -6.32. The number of aryl methyl sites for hydroxylation is 2. The maximum atomic E-state index is 12.3.